The van der Waals surface area contributed by atoms with Gasteiger partial charge in [-0.2, -0.15) is 0 Å². The van der Waals surface area contributed by atoms with Crippen LogP contribution in [0.25, 0.3) is 0 Å². The molecule has 3 rings (SSSR count). The van der Waals surface area contributed by atoms with Gasteiger partial charge in [0.2, 0.25) is 0 Å². The Bertz CT molecular complexity index is 178. The van der Waals surface area contributed by atoms with Gasteiger partial charge in [-0.1, -0.05) is 6.92 Å². The summed E-state index contributed by atoms with van der Waals surface area (Å²) in [6.07, 6.45) is 3.02. The highest BCUT2D eigenvalue weighted by molar-refractivity contribution is 5.01. The fraction of sp³-hybridized carbons (Fsp3) is 1.00. The molecule has 2 saturated carbocycles. The smallest absolute Gasteiger partial charge is 0.0500 e. The molecule has 0 amide bonds. The van der Waals surface area contributed by atoms with E-state index in [1.54, 1.807) is 0 Å². The van der Waals surface area contributed by atoms with Gasteiger partial charge in [0.15, 0.2) is 0 Å². The first-order valence-corrected chi connectivity index (χ1v) is 4.94. The molecule has 5 atom stereocenters. The Balaban J connectivity index is 1.90. The quantitative estimate of drug-likeness (QED) is 0.515. The first kappa shape index (κ1) is 6.47. The van der Waals surface area contributed by atoms with Crippen molar-refractivity contribution in [3.63, 3.8) is 0 Å². The normalized spacial score (nSPS) is 60.3. The third-order valence-electron chi connectivity index (χ3n) is 4.31. The van der Waals surface area contributed by atoms with Crippen molar-refractivity contribution >= 4 is 0 Å². The lowest BCUT2D eigenvalue weighted by Crippen LogP contribution is -2.25. The van der Waals surface area contributed by atoms with Gasteiger partial charge in [-0.25, -0.2) is 0 Å². The van der Waals surface area contributed by atoms with Gasteiger partial charge in [-0.3, -0.25) is 0 Å². The van der Waals surface area contributed by atoms with E-state index in [1.807, 2.05) is 0 Å². The minimum atomic E-state index is 0.962. The van der Waals surface area contributed by atoms with Crippen LogP contribution in [0.2, 0.25) is 0 Å². The van der Waals surface area contributed by atoms with Crippen molar-refractivity contribution in [3.05, 3.63) is 0 Å². The number of hydrogen-bond donors (Lipinski definition) is 0. The van der Waals surface area contributed by atoms with Gasteiger partial charge in [0, 0.05) is 0 Å². The third-order valence-corrected chi connectivity index (χ3v) is 4.31. The molecule has 0 radical (unpaired) electrons. The number of ether oxygens (including phenoxy) is 1. The molecule has 0 spiro atoms. The summed E-state index contributed by atoms with van der Waals surface area (Å²) in [6, 6.07) is 0. The predicted octanol–water partition coefficient (Wildman–Crippen LogP) is 1.92. The van der Waals surface area contributed by atoms with Crippen LogP contribution in [0.1, 0.15) is 19.8 Å². The topological polar surface area (TPSA) is 9.23 Å². The number of hydrogen-bond acceptors (Lipinski definition) is 1. The molecule has 62 valence electrons. The highest BCUT2D eigenvalue weighted by Crippen LogP contribution is 2.56. The highest BCUT2D eigenvalue weighted by Gasteiger charge is 2.52. The SMILES string of the molecule is CC1CC2CC1C1COCC21. The lowest BCUT2D eigenvalue weighted by Gasteiger charge is -2.27. The zero-order valence-electron chi connectivity index (χ0n) is 7.12. The van der Waals surface area contributed by atoms with Crippen LogP contribution in [0.3, 0.4) is 0 Å². The Morgan fingerprint density at radius 1 is 1.00 bits per heavy atom. The van der Waals surface area contributed by atoms with Crippen LogP contribution in [-0.2, 0) is 4.74 Å². The van der Waals surface area contributed by atoms with Crippen LogP contribution in [0.4, 0.5) is 0 Å². The fourth-order valence-corrected chi connectivity index (χ4v) is 3.79. The minimum absolute atomic E-state index is 0.962. The monoisotopic (exact) mass is 152 g/mol. The Kier molecular flexibility index (Phi) is 1.18. The molecular weight excluding hydrogens is 136 g/mol. The molecular formula is C10H16O. The first-order chi connectivity index (χ1) is 5.36. The van der Waals surface area contributed by atoms with Gasteiger partial charge in [0.25, 0.3) is 0 Å². The van der Waals surface area contributed by atoms with E-state index in [0.717, 1.165) is 42.8 Å². The molecule has 2 aliphatic carbocycles. The lowest BCUT2D eigenvalue weighted by atomic mass is 9.77. The number of rotatable bonds is 0. The molecule has 1 aliphatic heterocycles. The zero-order valence-corrected chi connectivity index (χ0v) is 7.12. The van der Waals surface area contributed by atoms with Crippen LogP contribution in [-0.4, -0.2) is 13.2 Å². The van der Waals surface area contributed by atoms with E-state index in [9.17, 15) is 0 Å². The fourth-order valence-electron chi connectivity index (χ4n) is 3.79. The van der Waals surface area contributed by atoms with Gasteiger partial charge in [0.05, 0.1) is 13.2 Å². The van der Waals surface area contributed by atoms with Crippen molar-refractivity contribution in [3.8, 4) is 0 Å². The Morgan fingerprint density at radius 3 is 2.73 bits per heavy atom. The van der Waals surface area contributed by atoms with Crippen LogP contribution in [0, 0.1) is 29.6 Å². The van der Waals surface area contributed by atoms with Crippen molar-refractivity contribution in [1.29, 1.82) is 0 Å². The zero-order chi connectivity index (χ0) is 7.42. The molecule has 3 fully saturated rings. The van der Waals surface area contributed by atoms with E-state index in [-0.39, 0.29) is 0 Å². The van der Waals surface area contributed by atoms with Gasteiger partial charge < -0.3 is 4.74 Å². The molecule has 0 N–H and O–H groups in total. The van der Waals surface area contributed by atoms with Gasteiger partial charge in [-0.15, -0.1) is 0 Å². The van der Waals surface area contributed by atoms with Crippen LogP contribution < -0.4 is 0 Å². The Labute approximate surface area is 68.1 Å². The summed E-state index contributed by atoms with van der Waals surface area (Å²) >= 11 is 0. The van der Waals surface area contributed by atoms with Crippen molar-refractivity contribution in [1.82, 2.24) is 0 Å². The van der Waals surface area contributed by atoms with Crippen LogP contribution in [0.15, 0.2) is 0 Å². The van der Waals surface area contributed by atoms with Crippen LogP contribution >= 0.6 is 0 Å². The van der Waals surface area contributed by atoms with E-state index in [1.165, 1.54) is 12.8 Å². The average Bonchev–Trinajstić information content (AvgIpc) is 2.52. The van der Waals surface area contributed by atoms with Crippen molar-refractivity contribution < 1.29 is 4.74 Å². The standard InChI is InChI=1S/C10H16O/c1-6-2-7-3-8(6)10-5-11-4-9(7)10/h6-10H,2-5H2,1H3. The molecule has 0 aromatic rings. The van der Waals surface area contributed by atoms with Gasteiger partial charge in [-0.05, 0) is 42.4 Å². The summed E-state index contributed by atoms with van der Waals surface area (Å²) in [5.74, 6) is 5.01. The second kappa shape index (κ2) is 2.01. The molecule has 3 aliphatic rings. The summed E-state index contributed by atoms with van der Waals surface area (Å²) < 4.78 is 5.54. The number of fused-ring (bicyclic) bond motifs is 5. The molecule has 1 heteroatoms. The Morgan fingerprint density at radius 2 is 1.82 bits per heavy atom. The molecule has 5 unspecified atom stereocenters. The molecule has 1 heterocycles. The summed E-state index contributed by atoms with van der Waals surface area (Å²) in [4.78, 5) is 0. The second-order valence-electron chi connectivity index (χ2n) is 4.74. The third kappa shape index (κ3) is 0.703. The maximum Gasteiger partial charge on any atom is 0.0500 e. The minimum Gasteiger partial charge on any atom is -0.381 e. The summed E-state index contributed by atoms with van der Waals surface area (Å²) in [6.45, 7) is 4.59. The lowest BCUT2D eigenvalue weighted by molar-refractivity contribution is 0.161. The second-order valence-corrected chi connectivity index (χ2v) is 4.74. The summed E-state index contributed by atoms with van der Waals surface area (Å²) in [5.41, 5.74) is 0. The molecule has 0 aromatic carbocycles. The molecule has 11 heavy (non-hydrogen) atoms. The van der Waals surface area contributed by atoms with Crippen molar-refractivity contribution in [2.24, 2.45) is 29.6 Å². The Hall–Kier alpha value is -0.0400. The van der Waals surface area contributed by atoms with E-state index in [4.69, 9.17) is 4.74 Å². The van der Waals surface area contributed by atoms with Crippen molar-refractivity contribution in [2.75, 3.05) is 13.2 Å². The molecule has 1 nitrogen and oxygen atoms in total. The van der Waals surface area contributed by atoms with E-state index >= 15 is 0 Å². The maximum absolute atomic E-state index is 5.54. The average molecular weight is 152 g/mol. The van der Waals surface area contributed by atoms with E-state index in [0.29, 0.717) is 0 Å². The molecule has 0 aromatic heterocycles. The predicted molar refractivity (Wildman–Crippen MR) is 43.2 cm³/mol. The van der Waals surface area contributed by atoms with Gasteiger partial charge >= 0.3 is 0 Å². The summed E-state index contributed by atoms with van der Waals surface area (Å²) in [7, 11) is 0. The van der Waals surface area contributed by atoms with E-state index < -0.39 is 0 Å². The van der Waals surface area contributed by atoms with E-state index in [2.05, 4.69) is 6.92 Å². The van der Waals surface area contributed by atoms with Crippen molar-refractivity contribution in [2.45, 2.75) is 19.8 Å². The first-order valence-electron chi connectivity index (χ1n) is 4.94. The summed E-state index contributed by atoms with van der Waals surface area (Å²) in [5, 5.41) is 0. The molecule has 2 bridgehead atoms. The van der Waals surface area contributed by atoms with Crippen LogP contribution in [0.5, 0.6) is 0 Å². The van der Waals surface area contributed by atoms with Gasteiger partial charge in [0.1, 0.15) is 0 Å². The highest BCUT2D eigenvalue weighted by atomic mass is 16.5. The maximum atomic E-state index is 5.54. The molecule has 1 saturated heterocycles. The largest absolute Gasteiger partial charge is 0.381 e.